The fourth-order valence-electron chi connectivity index (χ4n) is 3.93. The Labute approximate surface area is 251 Å². The van der Waals surface area contributed by atoms with E-state index in [2.05, 4.69) is 43.5 Å². The van der Waals surface area contributed by atoms with Crippen LogP contribution < -0.4 is 10.2 Å². The van der Waals surface area contributed by atoms with Gasteiger partial charge in [0.2, 0.25) is 5.91 Å². The van der Waals surface area contributed by atoms with Crippen molar-refractivity contribution in [3.05, 3.63) is 36.5 Å². The maximum atomic E-state index is 12.6. The predicted molar refractivity (Wildman–Crippen MR) is 168 cm³/mol. The largest absolute Gasteiger partial charge is 0.756 e. The molecule has 0 aliphatic heterocycles. The number of nitrogens with zero attached hydrogens (tertiary/aromatic N) is 1. The van der Waals surface area contributed by atoms with Crippen LogP contribution in [0.5, 0.6) is 0 Å². The summed E-state index contributed by atoms with van der Waals surface area (Å²) in [5.74, 6) is -0.225. The van der Waals surface area contributed by atoms with Crippen LogP contribution in [0.4, 0.5) is 0 Å². The summed E-state index contributed by atoms with van der Waals surface area (Å²) in [5, 5.41) is 13.4. The Morgan fingerprint density at radius 3 is 2.07 bits per heavy atom. The third-order valence-corrected chi connectivity index (χ3v) is 7.56. The quantitative estimate of drug-likeness (QED) is 0.0476. The number of rotatable bonds is 27. The van der Waals surface area contributed by atoms with Gasteiger partial charge in [0.15, 0.2) is 0 Å². The summed E-state index contributed by atoms with van der Waals surface area (Å²) in [6, 6.07) is -0.886. The SMILES string of the molecule is CCCC/C=C/C(O)C(COP(=O)([O-])OCC[N+](C)(C)C)NC(=O)CCCCCCC/C=C\C/C=C\CCCCC. The van der Waals surface area contributed by atoms with Gasteiger partial charge in [-0.25, -0.2) is 0 Å². The molecule has 0 aromatic rings. The molecule has 41 heavy (non-hydrogen) atoms. The zero-order valence-electron chi connectivity index (χ0n) is 26.7. The van der Waals surface area contributed by atoms with Gasteiger partial charge in [-0.15, -0.1) is 0 Å². The van der Waals surface area contributed by atoms with Crippen LogP contribution in [0, 0.1) is 0 Å². The fourth-order valence-corrected chi connectivity index (χ4v) is 4.65. The number of amides is 1. The first kappa shape index (κ1) is 39.7. The first-order valence-corrected chi connectivity index (χ1v) is 17.3. The molecular weight excluding hydrogens is 539 g/mol. The van der Waals surface area contributed by atoms with Crippen molar-refractivity contribution >= 4 is 13.7 Å². The Bertz CT molecular complexity index is 779. The molecule has 0 aliphatic rings. The summed E-state index contributed by atoms with van der Waals surface area (Å²) in [6.45, 7) is 4.40. The van der Waals surface area contributed by atoms with E-state index in [0.29, 0.717) is 17.4 Å². The van der Waals surface area contributed by atoms with Gasteiger partial charge in [-0.3, -0.25) is 9.36 Å². The number of unbranched alkanes of at least 4 members (excludes halogenated alkanes) is 10. The Morgan fingerprint density at radius 1 is 0.854 bits per heavy atom. The first-order valence-electron chi connectivity index (χ1n) is 15.9. The molecular formula is C32H61N2O6P. The van der Waals surface area contributed by atoms with Crippen molar-refractivity contribution in [2.24, 2.45) is 0 Å². The molecule has 0 rings (SSSR count). The molecule has 0 fully saturated rings. The molecule has 3 unspecified atom stereocenters. The average Bonchev–Trinajstić information content (AvgIpc) is 2.90. The number of carbonyl (C=O) groups excluding carboxylic acids is 1. The Balaban J connectivity index is 4.40. The zero-order valence-corrected chi connectivity index (χ0v) is 27.6. The van der Waals surface area contributed by atoms with E-state index in [0.717, 1.165) is 64.2 Å². The van der Waals surface area contributed by atoms with Gasteiger partial charge < -0.3 is 28.8 Å². The molecule has 240 valence electrons. The molecule has 0 aromatic heterocycles. The maximum absolute atomic E-state index is 12.6. The lowest BCUT2D eigenvalue weighted by molar-refractivity contribution is -0.870. The van der Waals surface area contributed by atoms with Crippen LogP contribution in [0.25, 0.3) is 0 Å². The second kappa shape index (κ2) is 25.2. The van der Waals surface area contributed by atoms with Crippen molar-refractivity contribution in [2.45, 2.75) is 122 Å². The van der Waals surface area contributed by atoms with E-state index in [1.54, 1.807) is 6.08 Å². The highest BCUT2D eigenvalue weighted by atomic mass is 31.2. The lowest BCUT2D eigenvalue weighted by atomic mass is 10.1. The van der Waals surface area contributed by atoms with Crippen LogP contribution in [-0.4, -0.2) is 68.5 Å². The van der Waals surface area contributed by atoms with Crippen molar-refractivity contribution in [1.29, 1.82) is 0 Å². The van der Waals surface area contributed by atoms with E-state index < -0.39 is 26.6 Å². The number of aliphatic hydroxyl groups excluding tert-OH is 1. The van der Waals surface area contributed by atoms with E-state index in [1.807, 2.05) is 27.2 Å². The summed E-state index contributed by atoms with van der Waals surface area (Å²) >= 11 is 0. The standard InChI is InChI=1S/C32H61N2O6P/c1-6-8-10-12-13-14-15-16-17-18-19-20-21-22-24-26-32(36)33-30(31(35)25-23-11-9-7-2)29-40-41(37,38)39-28-27-34(3,4)5/h13-14,16-17,23,25,30-31,35H,6-12,15,18-22,24,26-29H2,1-5H3,(H-,33,36,37,38)/b14-13-,17-16-,25-23+. The van der Waals surface area contributed by atoms with Gasteiger partial charge in [0, 0.05) is 6.42 Å². The highest BCUT2D eigenvalue weighted by molar-refractivity contribution is 7.45. The molecule has 0 radical (unpaired) electrons. The van der Waals surface area contributed by atoms with Gasteiger partial charge in [0.25, 0.3) is 7.82 Å². The van der Waals surface area contributed by atoms with Crippen LogP contribution in [0.2, 0.25) is 0 Å². The lowest BCUT2D eigenvalue weighted by Gasteiger charge is -2.29. The third kappa shape index (κ3) is 27.3. The molecule has 9 heteroatoms. The van der Waals surface area contributed by atoms with E-state index in [-0.39, 0.29) is 12.5 Å². The minimum atomic E-state index is -4.56. The average molecular weight is 601 g/mol. The van der Waals surface area contributed by atoms with Crippen molar-refractivity contribution in [3.8, 4) is 0 Å². The van der Waals surface area contributed by atoms with Gasteiger partial charge in [0.05, 0.1) is 39.9 Å². The Morgan fingerprint density at radius 2 is 1.44 bits per heavy atom. The van der Waals surface area contributed by atoms with Crippen molar-refractivity contribution < 1.29 is 32.9 Å². The summed E-state index contributed by atoms with van der Waals surface area (Å²) in [4.78, 5) is 24.8. The number of phosphoric ester groups is 1. The number of nitrogens with one attached hydrogen (secondary N) is 1. The van der Waals surface area contributed by atoms with Crippen molar-refractivity contribution in [1.82, 2.24) is 5.32 Å². The van der Waals surface area contributed by atoms with Gasteiger partial charge >= 0.3 is 0 Å². The molecule has 0 aromatic carbocycles. The molecule has 0 saturated carbocycles. The number of carbonyl (C=O) groups is 1. The van der Waals surface area contributed by atoms with E-state index >= 15 is 0 Å². The predicted octanol–water partition coefficient (Wildman–Crippen LogP) is 6.60. The molecule has 8 nitrogen and oxygen atoms in total. The number of hydrogen-bond acceptors (Lipinski definition) is 6. The molecule has 0 spiro atoms. The van der Waals surface area contributed by atoms with Crippen molar-refractivity contribution in [3.63, 3.8) is 0 Å². The molecule has 0 saturated heterocycles. The lowest BCUT2D eigenvalue weighted by Crippen LogP contribution is -2.45. The second-order valence-electron chi connectivity index (χ2n) is 11.8. The molecule has 1 amide bonds. The van der Waals surface area contributed by atoms with Crippen LogP contribution in [-0.2, 0) is 18.4 Å². The number of hydrogen-bond donors (Lipinski definition) is 2. The number of likely N-dealkylation sites (N-methyl/N-ethyl adjacent to an activating group) is 1. The second-order valence-corrected chi connectivity index (χ2v) is 13.2. The Hall–Kier alpha value is -1.28. The third-order valence-electron chi connectivity index (χ3n) is 6.59. The molecule has 3 atom stereocenters. The van der Waals surface area contributed by atoms with Gasteiger partial charge in [-0.2, -0.15) is 0 Å². The number of allylic oxidation sites excluding steroid dienone is 5. The minimum Gasteiger partial charge on any atom is -0.756 e. The summed E-state index contributed by atoms with van der Waals surface area (Å²) in [6.07, 6.45) is 26.7. The van der Waals surface area contributed by atoms with Gasteiger partial charge in [0.1, 0.15) is 13.2 Å². The van der Waals surface area contributed by atoms with Crippen molar-refractivity contribution in [2.75, 3.05) is 40.9 Å². The van der Waals surface area contributed by atoms with E-state index in [9.17, 15) is 19.4 Å². The van der Waals surface area contributed by atoms with E-state index in [4.69, 9.17) is 9.05 Å². The molecule has 2 N–H and O–H groups in total. The van der Waals surface area contributed by atoms with Gasteiger partial charge in [-0.1, -0.05) is 95.2 Å². The summed E-state index contributed by atoms with van der Waals surface area (Å²) in [7, 11) is 1.23. The topological polar surface area (TPSA) is 108 Å². The highest BCUT2D eigenvalue weighted by Crippen LogP contribution is 2.38. The van der Waals surface area contributed by atoms with E-state index in [1.165, 1.54) is 25.7 Å². The van der Waals surface area contributed by atoms with Gasteiger partial charge in [-0.05, 0) is 44.9 Å². The van der Waals surface area contributed by atoms with Crippen LogP contribution in [0.3, 0.4) is 0 Å². The molecule has 0 bridgehead atoms. The zero-order chi connectivity index (χ0) is 30.8. The smallest absolute Gasteiger partial charge is 0.268 e. The number of phosphoric acid groups is 1. The fraction of sp³-hybridized carbons (Fsp3) is 0.781. The maximum Gasteiger partial charge on any atom is 0.268 e. The monoisotopic (exact) mass is 600 g/mol. The Kier molecular flexibility index (Phi) is 24.5. The minimum absolute atomic E-state index is 0.00635. The first-order chi connectivity index (χ1) is 19.5. The van der Waals surface area contributed by atoms with Crippen LogP contribution >= 0.6 is 7.82 Å². The van der Waals surface area contributed by atoms with Crippen LogP contribution in [0.1, 0.15) is 110 Å². The highest BCUT2D eigenvalue weighted by Gasteiger charge is 2.23. The van der Waals surface area contributed by atoms with Crippen LogP contribution in [0.15, 0.2) is 36.5 Å². The summed E-state index contributed by atoms with van der Waals surface area (Å²) < 4.78 is 22.8. The number of quaternary nitrogens is 1. The molecule has 0 heterocycles. The summed E-state index contributed by atoms with van der Waals surface area (Å²) in [5.41, 5.74) is 0. The normalized spacial score (nSPS) is 15.6. The number of aliphatic hydroxyl groups is 1. The molecule has 0 aliphatic carbocycles.